The molecule has 1 saturated carbocycles. The van der Waals surface area contributed by atoms with Gasteiger partial charge in [0, 0.05) is 7.11 Å². The summed E-state index contributed by atoms with van der Waals surface area (Å²) in [5.74, 6) is 0. The first-order valence-corrected chi connectivity index (χ1v) is 5.14. The molecule has 0 bridgehead atoms. The van der Waals surface area contributed by atoms with Crippen molar-refractivity contribution >= 4 is 0 Å². The van der Waals surface area contributed by atoms with Crippen molar-refractivity contribution in [2.24, 2.45) is 0 Å². The minimum atomic E-state index is 0.339. The molecule has 3 nitrogen and oxygen atoms in total. The van der Waals surface area contributed by atoms with Gasteiger partial charge >= 0.3 is 0 Å². The molecular weight excluding hydrogens is 166 g/mol. The van der Waals surface area contributed by atoms with Crippen LogP contribution in [0.2, 0.25) is 0 Å². The summed E-state index contributed by atoms with van der Waals surface area (Å²) in [7, 11) is 3.67. The van der Waals surface area contributed by atoms with Gasteiger partial charge in [0.2, 0.25) is 0 Å². The van der Waals surface area contributed by atoms with Crippen molar-refractivity contribution < 1.29 is 9.47 Å². The van der Waals surface area contributed by atoms with Gasteiger partial charge in [-0.1, -0.05) is 12.8 Å². The fourth-order valence-corrected chi connectivity index (χ4v) is 1.72. The lowest BCUT2D eigenvalue weighted by atomic mass is 10.3. The fraction of sp³-hybridized carbons (Fsp3) is 1.00. The van der Waals surface area contributed by atoms with Gasteiger partial charge in [0.1, 0.15) is 0 Å². The van der Waals surface area contributed by atoms with E-state index >= 15 is 0 Å². The van der Waals surface area contributed by atoms with E-state index in [1.807, 2.05) is 7.05 Å². The Balaban J connectivity index is 2.07. The number of ether oxygens (including phenoxy) is 2. The number of rotatable bonds is 6. The van der Waals surface area contributed by atoms with Gasteiger partial charge in [-0.2, -0.15) is 0 Å². The normalized spacial score (nSPS) is 20.8. The molecule has 0 heterocycles. The van der Waals surface area contributed by atoms with Crippen LogP contribution in [0.1, 0.15) is 25.7 Å². The number of methoxy groups -OCH3 is 1. The third-order valence-electron chi connectivity index (χ3n) is 2.61. The molecule has 0 saturated heterocycles. The Kier molecular flexibility index (Phi) is 5.35. The van der Waals surface area contributed by atoms with E-state index in [1.165, 1.54) is 25.7 Å². The number of likely N-dealkylation sites (N-methyl/N-ethyl adjacent to an activating group) is 1. The predicted molar refractivity (Wildman–Crippen MR) is 52.9 cm³/mol. The van der Waals surface area contributed by atoms with Crippen LogP contribution in [0.25, 0.3) is 0 Å². The average molecular weight is 187 g/mol. The summed E-state index contributed by atoms with van der Waals surface area (Å²) in [5, 5.41) is 3.18. The largest absolute Gasteiger partial charge is 0.383 e. The summed E-state index contributed by atoms with van der Waals surface area (Å²) in [5.41, 5.74) is 0. The average Bonchev–Trinajstić information content (AvgIpc) is 2.64. The van der Waals surface area contributed by atoms with Gasteiger partial charge in [0.15, 0.2) is 0 Å². The smallest absolute Gasteiger partial charge is 0.0645 e. The highest BCUT2D eigenvalue weighted by molar-refractivity contribution is 4.69. The highest BCUT2D eigenvalue weighted by Crippen LogP contribution is 2.20. The van der Waals surface area contributed by atoms with Crippen LogP contribution >= 0.6 is 0 Å². The molecule has 1 unspecified atom stereocenters. The van der Waals surface area contributed by atoms with Crippen LogP contribution in [0.15, 0.2) is 0 Å². The molecule has 1 fully saturated rings. The van der Waals surface area contributed by atoms with Crippen LogP contribution in [-0.4, -0.2) is 39.5 Å². The second kappa shape index (κ2) is 6.35. The Hall–Kier alpha value is -0.120. The molecule has 0 amide bonds. The summed E-state index contributed by atoms with van der Waals surface area (Å²) >= 11 is 0. The number of hydrogen-bond acceptors (Lipinski definition) is 3. The first-order valence-electron chi connectivity index (χ1n) is 5.14. The third kappa shape index (κ3) is 4.07. The molecule has 3 heteroatoms. The monoisotopic (exact) mass is 187 g/mol. The maximum absolute atomic E-state index is 5.77. The quantitative estimate of drug-likeness (QED) is 0.677. The van der Waals surface area contributed by atoms with E-state index in [1.54, 1.807) is 7.11 Å². The maximum atomic E-state index is 5.77. The topological polar surface area (TPSA) is 30.5 Å². The molecule has 1 N–H and O–H groups in total. The standard InChI is InChI=1S/C10H21NO2/c1-11-9(7-12-2)8-13-10-5-3-4-6-10/h9-11H,3-8H2,1-2H3. The van der Waals surface area contributed by atoms with Gasteiger partial charge in [-0.3, -0.25) is 0 Å². The zero-order valence-electron chi connectivity index (χ0n) is 8.71. The van der Waals surface area contributed by atoms with E-state index in [0.717, 1.165) is 13.2 Å². The van der Waals surface area contributed by atoms with Crippen LogP contribution in [0, 0.1) is 0 Å². The van der Waals surface area contributed by atoms with Gasteiger partial charge in [-0.25, -0.2) is 0 Å². The summed E-state index contributed by atoms with van der Waals surface area (Å²) in [6.07, 6.45) is 5.65. The van der Waals surface area contributed by atoms with E-state index in [9.17, 15) is 0 Å². The molecule has 78 valence electrons. The fourth-order valence-electron chi connectivity index (χ4n) is 1.72. The molecule has 1 aliphatic rings. The lowest BCUT2D eigenvalue weighted by molar-refractivity contribution is 0.0266. The summed E-state index contributed by atoms with van der Waals surface area (Å²) < 4.78 is 10.8. The summed E-state index contributed by atoms with van der Waals surface area (Å²) in [6.45, 7) is 1.50. The summed E-state index contributed by atoms with van der Waals surface area (Å²) in [4.78, 5) is 0. The van der Waals surface area contributed by atoms with Crippen molar-refractivity contribution in [1.29, 1.82) is 0 Å². The molecule has 1 atom stereocenters. The SMILES string of the molecule is CNC(COC)COC1CCCC1. The molecule has 0 aromatic carbocycles. The van der Waals surface area contributed by atoms with Crippen molar-refractivity contribution in [2.75, 3.05) is 27.4 Å². The highest BCUT2D eigenvalue weighted by Gasteiger charge is 2.16. The van der Waals surface area contributed by atoms with Crippen LogP contribution < -0.4 is 5.32 Å². The molecule has 0 radical (unpaired) electrons. The number of nitrogens with one attached hydrogen (secondary N) is 1. The van der Waals surface area contributed by atoms with Crippen molar-refractivity contribution in [3.63, 3.8) is 0 Å². The maximum Gasteiger partial charge on any atom is 0.0645 e. The minimum Gasteiger partial charge on any atom is -0.383 e. The van der Waals surface area contributed by atoms with Gasteiger partial charge in [0.25, 0.3) is 0 Å². The van der Waals surface area contributed by atoms with Gasteiger partial charge in [-0.05, 0) is 19.9 Å². The van der Waals surface area contributed by atoms with Crippen molar-refractivity contribution in [3.05, 3.63) is 0 Å². The Morgan fingerprint density at radius 3 is 2.54 bits per heavy atom. The van der Waals surface area contributed by atoms with Crippen LogP contribution in [0.4, 0.5) is 0 Å². The predicted octanol–water partition coefficient (Wildman–Crippen LogP) is 1.18. The third-order valence-corrected chi connectivity index (χ3v) is 2.61. The van der Waals surface area contributed by atoms with E-state index in [4.69, 9.17) is 9.47 Å². The van der Waals surface area contributed by atoms with Crippen molar-refractivity contribution in [1.82, 2.24) is 5.32 Å². The number of hydrogen-bond donors (Lipinski definition) is 1. The Morgan fingerprint density at radius 1 is 1.31 bits per heavy atom. The van der Waals surface area contributed by atoms with Crippen LogP contribution in [0.5, 0.6) is 0 Å². The van der Waals surface area contributed by atoms with Crippen LogP contribution in [0.3, 0.4) is 0 Å². The van der Waals surface area contributed by atoms with Crippen molar-refractivity contribution in [3.8, 4) is 0 Å². The molecule has 0 aromatic heterocycles. The molecule has 1 rings (SSSR count). The lowest BCUT2D eigenvalue weighted by Gasteiger charge is -2.18. The Labute approximate surface area is 80.8 Å². The van der Waals surface area contributed by atoms with Gasteiger partial charge < -0.3 is 14.8 Å². The van der Waals surface area contributed by atoms with Gasteiger partial charge in [-0.15, -0.1) is 0 Å². The van der Waals surface area contributed by atoms with Crippen LogP contribution in [-0.2, 0) is 9.47 Å². The van der Waals surface area contributed by atoms with Gasteiger partial charge in [0.05, 0.1) is 25.4 Å². The zero-order valence-corrected chi connectivity index (χ0v) is 8.71. The highest BCUT2D eigenvalue weighted by atomic mass is 16.5. The Morgan fingerprint density at radius 2 is 2.00 bits per heavy atom. The zero-order chi connectivity index (χ0) is 9.52. The first kappa shape index (κ1) is 11.0. The summed E-state index contributed by atoms with van der Waals surface area (Å²) in [6, 6.07) is 0.339. The van der Waals surface area contributed by atoms with E-state index in [0.29, 0.717) is 12.1 Å². The van der Waals surface area contributed by atoms with E-state index < -0.39 is 0 Å². The second-order valence-corrected chi connectivity index (χ2v) is 3.68. The lowest BCUT2D eigenvalue weighted by Crippen LogP contribution is -2.35. The molecular formula is C10H21NO2. The molecule has 1 aliphatic carbocycles. The molecule has 0 aromatic rings. The minimum absolute atomic E-state index is 0.339. The second-order valence-electron chi connectivity index (χ2n) is 3.68. The van der Waals surface area contributed by atoms with E-state index in [-0.39, 0.29) is 0 Å². The molecule has 13 heavy (non-hydrogen) atoms. The molecule has 0 spiro atoms. The first-order chi connectivity index (χ1) is 6.36. The molecule has 0 aliphatic heterocycles. The Bertz CT molecular complexity index is 124. The van der Waals surface area contributed by atoms with E-state index in [2.05, 4.69) is 5.32 Å². The van der Waals surface area contributed by atoms with Crippen molar-refractivity contribution in [2.45, 2.75) is 37.8 Å².